The van der Waals surface area contributed by atoms with Crippen LogP contribution in [0.2, 0.25) is 5.02 Å². The molecule has 1 spiro atoms. The van der Waals surface area contributed by atoms with Crippen molar-refractivity contribution in [3.63, 3.8) is 0 Å². The van der Waals surface area contributed by atoms with Crippen LogP contribution in [0, 0.1) is 17.8 Å². The molecular weight excluding hydrogens is 584 g/mol. The molecule has 2 heterocycles. The number of rotatable bonds is 2. The van der Waals surface area contributed by atoms with E-state index in [1.165, 1.54) is 11.1 Å². The van der Waals surface area contributed by atoms with Crippen LogP contribution in [0.4, 0.5) is 5.69 Å². The molecule has 6 rings (SSSR count). The van der Waals surface area contributed by atoms with Gasteiger partial charge in [-0.05, 0) is 104 Å². The summed E-state index contributed by atoms with van der Waals surface area (Å²) >= 11 is 6.39. The Hall–Kier alpha value is -2.55. The van der Waals surface area contributed by atoms with E-state index in [9.17, 15) is 18.3 Å². The number of ether oxygens (including phenoxy) is 1. The van der Waals surface area contributed by atoms with Crippen LogP contribution in [0.15, 0.2) is 48.6 Å². The normalized spacial score (nSPS) is 32.8. The summed E-state index contributed by atoms with van der Waals surface area (Å²) < 4.78 is 36.0. The van der Waals surface area contributed by atoms with Crippen molar-refractivity contribution in [2.75, 3.05) is 24.6 Å². The van der Waals surface area contributed by atoms with E-state index in [-0.39, 0.29) is 23.2 Å². The number of anilines is 1. The highest BCUT2D eigenvalue weighted by molar-refractivity contribution is 7.90. The van der Waals surface area contributed by atoms with Crippen molar-refractivity contribution in [1.82, 2.24) is 4.72 Å². The number of nitrogens with one attached hydrogen (secondary N) is 1. The molecule has 2 N–H and O–H groups in total. The first-order valence-electron chi connectivity index (χ1n) is 15.8. The first kappa shape index (κ1) is 30.5. The molecule has 43 heavy (non-hydrogen) atoms. The van der Waals surface area contributed by atoms with Crippen LogP contribution in [-0.4, -0.2) is 50.5 Å². The summed E-state index contributed by atoms with van der Waals surface area (Å²) in [5.41, 5.74) is 3.35. The molecule has 9 heteroatoms. The lowest BCUT2D eigenvalue weighted by atomic mass is 9.68. The molecule has 2 bridgehead atoms. The standard InChI is InChI=1S/C34H43ClN2O5S/c1-3-6-32-22(2)7-4-9-30(38)27-13-10-25(27)19-37-20-34(16-5-8-23-17-26(35)12-14-28(23)34)21-42-31-15-11-24(18-29(31)37)33(39)36-43(32,40)41/h4,9,11-12,14-15,17-18,22,25,27,30,32,38H,3,5-8,10,13,16,19-21H2,1-2H3,(H,36,39)/b9-4+/t22-,25-,27+,30-,32?,34-/m0/s1. The lowest BCUT2D eigenvalue weighted by Gasteiger charge is -2.45. The van der Waals surface area contributed by atoms with Crippen LogP contribution in [0.1, 0.15) is 80.3 Å². The molecule has 1 fully saturated rings. The van der Waals surface area contributed by atoms with E-state index in [2.05, 4.69) is 21.8 Å². The summed E-state index contributed by atoms with van der Waals surface area (Å²) in [5, 5.41) is 11.2. The monoisotopic (exact) mass is 626 g/mol. The second kappa shape index (κ2) is 12.1. The molecule has 1 saturated carbocycles. The summed E-state index contributed by atoms with van der Waals surface area (Å²) in [6, 6.07) is 11.4. The Kier molecular flexibility index (Phi) is 8.57. The number of carbonyl (C=O) groups excluding carboxylic acids is 1. The highest BCUT2D eigenvalue weighted by Crippen LogP contribution is 2.46. The zero-order valence-corrected chi connectivity index (χ0v) is 26.7. The first-order valence-corrected chi connectivity index (χ1v) is 17.7. The van der Waals surface area contributed by atoms with Gasteiger partial charge in [-0.25, -0.2) is 13.1 Å². The van der Waals surface area contributed by atoms with E-state index in [0.717, 1.165) is 49.4 Å². The van der Waals surface area contributed by atoms with Gasteiger partial charge in [0.1, 0.15) is 5.75 Å². The fraction of sp³-hybridized carbons (Fsp3) is 0.559. The van der Waals surface area contributed by atoms with Crippen molar-refractivity contribution < 1.29 is 23.1 Å². The quantitative estimate of drug-likeness (QED) is 0.396. The fourth-order valence-corrected chi connectivity index (χ4v) is 9.82. The lowest BCUT2D eigenvalue weighted by molar-refractivity contribution is 0.0455. The summed E-state index contributed by atoms with van der Waals surface area (Å²) in [4.78, 5) is 15.8. The van der Waals surface area contributed by atoms with E-state index >= 15 is 0 Å². The molecule has 6 atom stereocenters. The number of benzene rings is 2. The molecular formula is C34H43ClN2O5S. The van der Waals surface area contributed by atoms with Gasteiger partial charge in [0.15, 0.2) is 0 Å². The zero-order valence-electron chi connectivity index (χ0n) is 25.1. The Balaban J connectivity index is 1.42. The van der Waals surface area contributed by atoms with E-state index in [4.69, 9.17) is 16.3 Å². The third kappa shape index (κ3) is 5.95. The Morgan fingerprint density at radius 1 is 1.19 bits per heavy atom. The first-order chi connectivity index (χ1) is 20.6. The molecule has 1 unspecified atom stereocenters. The van der Waals surface area contributed by atoms with Gasteiger partial charge in [-0.2, -0.15) is 0 Å². The fourth-order valence-electron chi connectivity index (χ4n) is 7.83. The number of allylic oxidation sites excluding steroid dienone is 1. The van der Waals surface area contributed by atoms with Gasteiger partial charge in [-0.1, -0.05) is 50.1 Å². The topological polar surface area (TPSA) is 95.9 Å². The van der Waals surface area contributed by atoms with Gasteiger partial charge in [0.2, 0.25) is 10.0 Å². The van der Waals surface area contributed by atoms with Gasteiger partial charge in [-0.15, -0.1) is 0 Å². The maximum atomic E-state index is 13.5. The number of amides is 1. The van der Waals surface area contributed by atoms with Crippen LogP contribution in [-0.2, 0) is 21.9 Å². The second-order valence-corrected chi connectivity index (χ2v) is 15.6. The predicted molar refractivity (Wildman–Crippen MR) is 170 cm³/mol. The van der Waals surface area contributed by atoms with Gasteiger partial charge in [0.25, 0.3) is 5.91 Å². The average molecular weight is 627 g/mol. The Labute approximate surface area is 260 Å². The van der Waals surface area contributed by atoms with Crippen molar-refractivity contribution >= 4 is 33.2 Å². The largest absolute Gasteiger partial charge is 0.490 e. The minimum atomic E-state index is -3.93. The molecule has 4 aliphatic rings. The van der Waals surface area contributed by atoms with E-state index in [1.54, 1.807) is 18.2 Å². The Morgan fingerprint density at radius 2 is 2.02 bits per heavy atom. The Morgan fingerprint density at radius 3 is 2.79 bits per heavy atom. The third-order valence-electron chi connectivity index (χ3n) is 10.4. The maximum absolute atomic E-state index is 13.5. The minimum Gasteiger partial charge on any atom is -0.490 e. The molecule has 1 amide bonds. The van der Waals surface area contributed by atoms with Crippen LogP contribution in [0.3, 0.4) is 0 Å². The molecule has 2 aliphatic heterocycles. The SMILES string of the molecule is CCCC1[C@@H](C)C/C=C/[C@H](O)[C@@H]2CC[C@H]2CN2C[C@@]3(CCCc4cc(Cl)ccc43)COc3ccc(cc32)C(=O)NS1(=O)=O. The summed E-state index contributed by atoms with van der Waals surface area (Å²) in [6.07, 6.45) is 9.79. The molecule has 232 valence electrons. The number of aryl methyl sites for hydroxylation is 1. The molecule has 7 nitrogen and oxygen atoms in total. The highest BCUT2D eigenvalue weighted by atomic mass is 35.5. The van der Waals surface area contributed by atoms with Gasteiger partial charge in [0.05, 0.1) is 23.6 Å². The highest BCUT2D eigenvalue weighted by Gasteiger charge is 2.44. The molecule has 2 aromatic carbocycles. The van der Waals surface area contributed by atoms with Gasteiger partial charge in [-0.3, -0.25) is 4.79 Å². The smallest absolute Gasteiger partial charge is 0.264 e. The van der Waals surface area contributed by atoms with E-state index < -0.39 is 27.3 Å². The number of sulfonamides is 1. The second-order valence-electron chi connectivity index (χ2n) is 13.2. The number of aliphatic hydroxyl groups is 1. The van der Waals surface area contributed by atoms with Crippen LogP contribution < -0.4 is 14.4 Å². The molecule has 0 radical (unpaired) electrons. The van der Waals surface area contributed by atoms with Crippen LogP contribution in [0.5, 0.6) is 5.75 Å². The number of aliphatic hydroxyl groups excluding tert-OH is 1. The summed E-state index contributed by atoms with van der Waals surface area (Å²) in [7, 11) is -3.93. The number of hydrogen-bond acceptors (Lipinski definition) is 6. The van der Waals surface area contributed by atoms with Crippen LogP contribution in [0.25, 0.3) is 0 Å². The van der Waals surface area contributed by atoms with Crippen molar-refractivity contribution in [2.45, 2.75) is 82.0 Å². The van der Waals surface area contributed by atoms with Gasteiger partial charge in [0, 0.05) is 29.1 Å². The summed E-state index contributed by atoms with van der Waals surface area (Å²) in [5.74, 6) is 0.271. The molecule has 2 aromatic rings. The maximum Gasteiger partial charge on any atom is 0.264 e. The van der Waals surface area contributed by atoms with Crippen molar-refractivity contribution in [3.8, 4) is 5.75 Å². The number of hydrogen-bond donors (Lipinski definition) is 2. The van der Waals surface area contributed by atoms with E-state index in [1.807, 2.05) is 32.1 Å². The lowest BCUT2D eigenvalue weighted by Crippen LogP contribution is -2.49. The number of halogens is 1. The van der Waals surface area contributed by atoms with E-state index in [0.29, 0.717) is 43.7 Å². The minimum absolute atomic E-state index is 0.127. The van der Waals surface area contributed by atoms with Gasteiger partial charge < -0.3 is 14.7 Å². The molecule has 2 aliphatic carbocycles. The summed E-state index contributed by atoms with van der Waals surface area (Å²) in [6.45, 7) is 5.77. The predicted octanol–water partition coefficient (Wildman–Crippen LogP) is 6.02. The van der Waals surface area contributed by atoms with Crippen molar-refractivity contribution in [2.24, 2.45) is 17.8 Å². The third-order valence-corrected chi connectivity index (χ3v) is 12.6. The number of fused-ring (bicyclic) bond motifs is 4. The Bertz CT molecular complexity index is 1510. The number of carbonyl (C=O) groups is 1. The molecule has 0 saturated heterocycles. The van der Waals surface area contributed by atoms with Crippen molar-refractivity contribution in [1.29, 1.82) is 0 Å². The van der Waals surface area contributed by atoms with Gasteiger partial charge >= 0.3 is 0 Å². The number of nitrogens with zero attached hydrogens (tertiary/aromatic N) is 1. The average Bonchev–Trinajstić information content (AvgIpc) is 3.10. The molecule has 0 aromatic heterocycles. The van der Waals surface area contributed by atoms with Crippen LogP contribution >= 0.6 is 11.6 Å². The zero-order chi connectivity index (χ0) is 30.4. The van der Waals surface area contributed by atoms with Crippen molar-refractivity contribution in [3.05, 3.63) is 70.3 Å².